The van der Waals surface area contributed by atoms with Crippen LogP contribution in [0.4, 0.5) is 4.39 Å². The average Bonchev–Trinajstić information content (AvgIpc) is 2.66. The molecule has 0 bridgehead atoms. The van der Waals surface area contributed by atoms with Crippen LogP contribution in [0.2, 0.25) is 0 Å². The van der Waals surface area contributed by atoms with Crippen molar-refractivity contribution in [1.82, 2.24) is 0 Å². The predicted octanol–water partition coefficient (Wildman–Crippen LogP) is 6.01. The lowest BCUT2D eigenvalue weighted by atomic mass is 9.98. The summed E-state index contributed by atoms with van der Waals surface area (Å²) in [5.41, 5.74) is 3.26. The fraction of sp³-hybridized carbons (Fsp3) is 0.174. The van der Waals surface area contributed by atoms with Gasteiger partial charge >= 0.3 is 5.63 Å². The van der Waals surface area contributed by atoms with Crippen molar-refractivity contribution in [3.63, 3.8) is 0 Å². The Kier molecular flexibility index (Phi) is 4.08. The maximum atomic E-state index is 14.3. The minimum Gasteiger partial charge on any atom is -0.419 e. The zero-order chi connectivity index (χ0) is 18.3. The lowest BCUT2D eigenvalue weighted by molar-refractivity contribution is 0.527. The van der Waals surface area contributed by atoms with E-state index in [0.717, 1.165) is 24.0 Å². The molecule has 0 unspecified atom stereocenters. The summed E-state index contributed by atoms with van der Waals surface area (Å²) in [6.45, 7) is 3.81. The van der Waals surface area contributed by atoms with Crippen LogP contribution in [-0.2, 0) is 6.42 Å². The molecule has 3 heteroatoms. The van der Waals surface area contributed by atoms with E-state index in [1.807, 2.05) is 18.2 Å². The van der Waals surface area contributed by atoms with Crippen LogP contribution in [0.3, 0.4) is 0 Å². The number of fused-ring (bicyclic) bond motifs is 3. The molecule has 0 amide bonds. The van der Waals surface area contributed by atoms with Gasteiger partial charge < -0.3 is 4.42 Å². The van der Waals surface area contributed by atoms with Crippen molar-refractivity contribution < 1.29 is 8.81 Å². The Bertz CT molecular complexity index is 1170. The lowest BCUT2D eigenvalue weighted by Crippen LogP contribution is -2.01. The van der Waals surface area contributed by atoms with Crippen molar-refractivity contribution in [3.8, 4) is 11.1 Å². The summed E-state index contributed by atoms with van der Waals surface area (Å²) in [4.78, 5) is 12.4. The number of benzene rings is 3. The van der Waals surface area contributed by atoms with Gasteiger partial charge in [-0.3, -0.25) is 0 Å². The van der Waals surface area contributed by atoms with Gasteiger partial charge in [0.15, 0.2) is 11.4 Å². The van der Waals surface area contributed by atoms with Crippen LogP contribution < -0.4 is 5.63 Å². The smallest absolute Gasteiger partial charge is 0.344 e. The number of halogens is 1. The number of hydrogen-bond donors (Lipinski definition) is 0. The third-order valence-corrected chi connectivity index (χ3v) is 4.84. The topological polar surface area (TPSA) is 30.2 Å². The molecular weight excluding hydrogens is 327 g/mol. The molecular formula is C23H19FO2. The minimum atomic E-state index is -0.513. The standard InChI is InChI=1S/C23H19FO2/c1-3-4-15-6-8-16(9-7-15)17-10-12-18-19-11-5-14(2)21(24)22(19)26-23(25)20(18)13-17/h5-13H,3-4H2,1-2H3. The van der Waals surface area contributed by atoms with Crippen LogP contribution in [0, 0.1) is 12.7 Å². The van der Waals surface area contributed by atoms with Gasteiger partial charge in [0.25, 0.3) is 0 Å². The number of rotatable bonds is 3. The number of aryl methyl sites for hydroxylation is 2. The van der Waals surface area contributed by atoms with Crippen LogP contribution in [0.15, 0.2) is 63.8 Å². The third kappa shape index (κ3) is 2.70. The van der Waals surface area contributed by atoms with E-state index < -0.39 is 11.4 Å². The highest BCUT2D eigenvalue weighted by molar-refractivity contribution is 6.05. The van der Waals surface area contributed by atoms with Crippen molar-refractivity contribution in [3.05, 3.63) is 82.0 Å². The zero-order valence-electron chi connectivity index (χ0n) is 14.8. The van der Waals surface area contributed by atoms with E-state index in [-0.39, 0.29) is 5.58 Å². The summed E-state index contributed by atoms with van der Waals surface area (Å²) in [5.74, 6) is -0.475. The van der Waals surface area contributed by atoms with Gasteiger partial charge in [0, 0.05) is 10.8 Å². The quantitative estimate of drug-likeness (QED) is 0.336. The normalized spacial score (nSPS) is 11.3. The summed E-state index contributed by atoms with van der Waals surface area (Å²) in [5, 5.41) is 1.80. The Labute approximate surface area is 150 Å². The second-order valence-corrected chi connectivity index (χ2v) is 6.67. The van der Waals surface area contributed by atoms with Gasteiger partial charge in [-0.1, -0.05) is 61.9 Å². The van der Waals surface area contributed by atoms with Gasteiger partial charge in [0.1, 0.15) is 0 Å². The molecule has 0 aliphatic rings. The first kappa shape index (κ1) is 16.5. The maximum absolute atomic E-state index is 14.3. The molecule has 0 N–H and O–H groups in total. The van der Waals surface area contributed by atoms with E-state index in [0.29, 0.717) is 21.7 Å². The predicted molar refractivity (Wildman–Crippen MR) is 104 cm³/mol. The van der Waals surface area contributed by atoms with Gasteiger partial charge in [-0.15, -0.1) is 0 Å². The van der Waals surface area contributed by atoms with Crippen molar-refractivity contribution in [2.45, 2.75) is 26.7 Å². The highest BCUT2D eigenvalue weighted by Gasteiger charge is 2.13. The molecule has 130 valence electrons. The van der Waals surface area contributed by atoms with Crippen LogP contribution in [0.25, 0.3) is 32.9 Å². The summed E-state index contributed by atoms with van der Waals surface area (Å²) in [7, 11) is 0. The Hall–Kier alpha value is -2.94. The van der Waals surface area contributed by atoms with Gasteiger partial charge in [-0.2, -0.15) is 0 Å². The van der Waals surface area contributed by atoms with Crippen molar-refractivity contribution in [2.75, 3.05) is 0 Å². The summed E-state index contributed by atoms with van der Waals surface area (Å²) in [6.07, 6.45) is 2.16. The molecule has 0 aliphatic heterocycles. The average molecular weight is 346 g/mol. The van der Waals surface area contributed by atoms with Gasteiger partial charge in [-0.25, -0.2) is 9.18 Å². The molecule has 4 aromatic rings. The van der Waals surface area contributed by atoms with E-state index >= 15 is 0 Å². The first-order valence-corrected chi connectivity index (χ1v) is 8.83. The van der Waals surface area contributed by atoms with Crippen LogP contribution in [0.5, 0.6) is 0 Å². The fourth-order valence-corrected chi connectivity index (χ4v) is 3.39. The first-order chi connectivity index (χ1) is 12.6. The van der Waals surface area contributed by atoms with Crippen LogP contribution in [0.1, 0.15) is 24.5 Å². The van der Waals surface area contributed by atoms with Crippen molar-refractivity contribution in [2.24, 2.45) is 0 Å². The van der Waals surface area contributed by atoms with Gasteiger partial charge in [0.2, 0.25) is 0 Å². The molecule has 1 heterocycles. The van der Waals surface area contributed by atoms with Gasteiger partial charge in [-0.05, 0) is 41.7 Å². The Balaban J connectivity index is 1.90. The molecule has 1 aromatic heterocycles. The van der Waals surface area contributed by atoms with Crippen molar-refractivity contribution in [1.29, 1.82) is 0 Å². The maximum Gasteiger partial charge on any atom is 0.344 e. The Morgan fingerprint density at radius 3 is 2.31 bits per heavy atom. The molecule has 0 radical (unpaired) electrons. The molecule has 0 aliphatic carbocycles. The SMILES string of the molecule is CCCc1ccc(-c2ccc3c(c2)c(=O)oc2c(F)c(C)ccc23)cc1. The first-order valence-electron chi connectivity index (χ1n) is 8.83. The third-order valence-electron chi connectivity index (χ3n) is 4.84. The van der Waals surface area contributed by atoms with E-state index in [2.05, 4.69) is 31.2 Å². The van der Waals surface area contributed by atoms with E-state index in [4.69, 9.17) is 4.42 Å². The second kappa shape index (κ2) is 6.41. The second-order valence-electron chi connectivity index (χ2n) is 6.67. The highest BCUT2D eigenvalue weighted by Crippen LogP contribution is 2.30. The summed E-state index contributed by atoms with van der Waals surface area (Å²) < 4.78 is 19.6. The molecule has 0 saturated heterocycles. The molecule has 0 spiro atoms. The van der Waals surface area contributed by atoms with E-state index in [1.54, 1.807) is 19.1 Å². The molecule has 2 nitrogen and oxygen atoms in total. The Morgan fingerprint density at radius 2 is 1.58 bits per heavy atom. The summed E-state index contributed by atoms with van der Waals surface area (Å²) >= 11 is 0. The number of hydrogen-bond acceptors (Lipinski definition) is 2. The Morgan fingerprint density at radius 1 is 0.885 bits per heavy atom. The molecule has 0 atom stereocenters. The molecule has 0 fully saturated rings. The largest absolute Gasteiger partial charge is 0.419 e. The summed E-state index contributed by atoms with van der Waals surface area (Å²) in [6, 6.07) is 17.5. The van der Waals surface area contributed by atoms with Crippen LogP contribution >= 0.6 is 0 Å². The molecule has 0 saturated carbocycles. The highest BCUT2D eigenvalue weighted by atomic mass is 19.1. The molecule has 26 heavy (non-hydrogen) atoms. The van der Waals surface area contributed by atoms with Crippen molar-refractivity contribution >= 4 is 21.7 Å². The molecule has 3 aromatic carbocycles. The minimum absolute atomic E-state index is 0.0270. The van der Waals surface area contributed by atoms with E-state index in [1.165, 1.54) is 5.56 Å². The lowest BCUT2D eigenvalue weighted by Gasteiger charge is -2.08. The van der Waals surface area contributed by atoms with Gasteiger partial charge in [0.05, 0.1) is 5.39 Å². The fourth-order valence-electron chi connectivity index (χ4n) is 3.39. The van der Waals surface area contributed by atoms with E-state index in [9.17, 15) is 9.18 Å². The monoisotopic (exact) mass is 346 g/mol. The zero-order valence-corrected chi connectivity index (χ0v) is 14.8. The van der Waals surface area contributed by atoms with Crippen LogP contribution in [-0.4, -0.2) is 0 Å². The molecule has 4 rings (SSSR count).